The molecule has 138 valence electrons. The standard InChI is InChI=1S/C20H19N3O3S/c1-10(24)22-15-6-12-8-18-19(23-20(21)27-18)14(12)9-13(15)11-4-5-16(25-2)17(7-11)26-3/h4-7,9H,8H2,1-3H3,(H2,21,23)(H,22,24). The third-order valence-corrected chi connectivity index (χ3v) is 5.45. The molecule has 0 radical (unpaired) electrons. The number of fused-ring (bicyclic) bond motifs is 3. The van der Waals surface area contributed by atoms with E-state index in [0.717, 1.165) is 44.9 Å². The zero-order chi connectivity index (χ0) is 19.1. The molecule has 6 nitrogen and oxygen atoms in total. The van der Waals surface area contributed by atoms with E-state index in [1.165, 1.54) is 18.3 Å². The average molecular weight is 381 g/mol. The molecular weight excluding hydrogens is 362 g/mol. The number of benzene rings is 2. The highest BCUT2D eigenvalue weighted by molar-refractivity contribution is 7.15. The lowest BCUT2D eigenvalue weighted by atomic mass is 9.97. The molecular formula is C20H19N3O3S. The van der Waals surface area contributed by atoms with E-state index in [2.05, 4.69) is 16.4 Å². The third-order valence-electron chi connectivity index (χ3n) is 4.57. The number of nitrogens with zero attached hydrogens (tertiary/aromatic N) is 1. The molecule has 0 saturated carbocycles. The molecule has 2 aromatic carbocycles. The fourth-order valence-electron chi connectivity index (χ4n) is 3.42. The molecule has 7 heteroatoms. The molecule has 0 spiro atoms. The van der Waals surface area contributed by atoms with E-state index >= 15 is 0 Å². The van der Waals surface area contributed by atoms with Gasteiger partial charge < -0.3 is 20.5 Å². The zero-order valence-corrected chi connectivity index (χ0v) is 16.1. The van der Waals surface area contributed by atoms with Gasteiger partial charge in [0.25, 0.3) is 0 Å². The highest BCUT2D eigenvalue weighted by Crippen LogP contribution is 2.45. The average Bonchev–Trinajstić information content (AvgIpc) is 3.15. The van der Waals surface area contributed by atoms with Crippen LogP contribution in [0.2, 0.25) is 0 Å². The number of carbonyl (C=O) groups is 1. The molecule has 0 atom stereocenters. The molecule has 1 aliphatic carbocycles. The second-order valence-electron chi connectivity index (χ2n) is 6.31. The van der Waals surface area contributed by atoms with E-state index in [9.17, 15) is 4.79 Å². The first-order valence-electron chi connectivity index (χ1n) is 8.42. The van der Waals surface area contributed by atoms with Gasteiger partial charge in [0.2, 0.25) is 5.91 Å². The molecule has 0 aliphatic heterocycles. The minimum atomic E-state index is -0.119. The fourth-order valence-corrected chi connectivity index (χ4v) is 4.29. The number of ether oxygens (including phenoxy) is 2. The van der Waals surface area contributed by atoms with E-state index in [1.54, 1.807) is 14.2 Å². The minimum absolute atomic E-state index is 0.119. The van der Waals surface area contributed by atoms with Crippen molar-refractivity contribution in [3.8, 4) is 33.9 Å². The molecule has 1 aliphatic rings. The van der Waals surface area contributed by atoms with Crippen LogP contribution in [0.1, 0.15) is 17.4 Å². The SMILES string of the molecule is COc1ccc(-c2cc3c(cc2NC(C)=O)Cc2sc(N)nc2-3)cc1OC. The normalized spacial score (nSPS) is 11.7. The number of rotatable bonds is 4. The van der Waals surface area contributed by atoms with Gasteiger partial charge in [-0.3, -0.25) is 4.79 Å². The predicted octanol–water partition coefficient (Wildman–Crippen LogP) is 3.94. The van der Waals surface area contributed by atoms with Crippen molar-refractivity contribution in [1.29, 1.82) is 0 Å². The van der Waals surface area contributed by atoms with Crippen molar-refractivity contribution in [3.63, 3.8) is 0 Å². The number of thiazole rings is 1. The van der Waals surface area contributed by atoms with Gasteiger partial charge in [-0.2, -0.15) is 0 Å². The molecule has 4 rings (SSSR count). The molecule has 0 fully saturated rings. The van der Waals surface area contributed by atoms with Crippen LogP contribution >= 0.6 is 11.3 Å². The van der Waals surface area contributed by atoms with Gasteiger partial charge in [0.1, 0.15) is 0 Å². The Bertz CT molecular complexity index is 1060. The molecule has 3 N–H and O–H groups in total. The van der Waals surface area contributed by atoms with Crippen LogP contribution in [0, 0.1) is 0 Å². The van der Waals surface area contributed by atoms with Crippen LogP contribution < -0.4 is 20.5 Å². The minimum Gasteiger partial charge on any atom is -0.493 e. The van der Waals surface area contributed by atoms with Crippen molar-refractivity contribution in [3.05, 3.63) is 40.8 Å². The Morgan fingerprint density at radius 1 is 1.15 bits per heavy atom. The van der Waals surface area contributed by atoms with Crippen LogP contribution in [0.15, 0.2) is 30.3 Å². The lowest BCUT2D eigenvalue weighted by Gasteiger charge is -2.15. The van der Waals surface area contributed by atoms with Crippen molar-refractivity contribution in [2.24, 2.45) is 0 Å². The number of aromatic nitrogens is 1. The van der Waals surface area contributed by atoms with E-state index in [0.29, 0.717) is 16.6 Å². The Labute approximate surface area is 161 Å². The highest BCUT2D eigenvalue weighted by atomic mass is 32.1. The lowest BCUT2D eigenvalue weighted by molar-refractivity contribution is -0.114. The summed E-state index contributed by atoms with van der Waals surface area (Å²) >= 11 is 1.51. The van der Waals surface area contributed by atoms with E-state index < -0.39 is 0 Å². The Kier molecular flexibility index (Phi) is 4.24. The number of nitrogens with two attached hydrogens (primary N) is 1. The summed E-state index contributed by atoms with van der Waals surface area (Å²) in [5, 5.41) is 3.52. The van der Waals surface area contributed by atoms with Crippen LogP contribution in [0.5, 0.6) is 11.5 Å². The largest absolute Gasteiger partial charge is 0.493 e. The van der Waals surface area contributed by atoms with Crippen molar-refractivity contribution >= 4 is 28.1 Å². The van der Waals surface area contributed by atoms with Crippen LogP contribution in [0.3, 0.4) is 0 Å². The topological polar surface area (TPSA) is 86.5 Å². The van der Waals surface area contributed by atoms with Gasteiger partial charge in [0.15, 0.2) is 16.6 Å². The van der Waals surface area contributed by atoms with Gasteiger partial charge >= 0.3 is 0 Å². The maximum Gasteiger partial charge on any atom is 0.221 e. The predicted molar refractivity (Wildman–Crippen MR) is 108 cm³/mol. The summed E-state index contributed by atoms with van der Waals surface area (Å²) in [5.41, 5.74) is 11.6. The summed E-state index contributed by atoms with van der Waals surface area (Å²) in [6, 6.07) is 9.78. The first-order chi connectivity index (χ1) is 13.0. The molecule has 0 unspecified atom stereocenters. The number of hydrogen-bond donors (Lipinski definition) is 2. The Balaban J connectivity index is 1.90. The number of methoxy groups -OCH3 is 2. The molecule has 3 aromatic rings. The Morgan fingerprint density at radius 3 is 2.63 bits per heavy atom. The van der Waals surface area contributed by atoms with Gasteiger partial charge in [0, 0.05) is 35.0 Å². The summed E-state index contributed by atoms with van der Waals surface area (Å²) in [6.45, 7) is 1.50. The fraction of sp³-hybridized carbons (Fsp3) is 0.200. The summed E-state index contributed by atoms with van der Waals surface area (Å²) in [7, 11) is 3.20. The van der Waals surface area contributed by atoms with Crippen LogP contribution in [0.25, 0.3) is 22.4 Å². The number of carbonyl (C=O) groups excluding carboxylic acids is 1. The van der Waals surface area contributed by atoms with E-state index in [1.807, 2.05) is 24.3 Å². The first-order valence-corrected chi connectivity index (χ1v) is 9.24. The summed E-state index contributed by atoms with van der Waals surface area (Å²) in [6.07, 6.45) is 0.776. The van der Waals surface area contributed by atoms with Gasteiger partial charge in [-0.15, -0.1) is 11.3 Å². The third kappa shape index (κ3) is 3.00. The lowest BCUT2D eigenvalue weighted by Crippen LogP contribution is -2.07. The van der Waals surface area contributed by atoms with Crippen LogP contribution in [0.4, 0.5) is 10.8 Å². The Hall–Kier alpha value is -3.06. The number of amides is 1. The molecule has 1 amide bonds. The zero-order valence-electron chi connectivity index (χ0n) is 15.3. The summed E-state index contributed by atoms with van der Waals surface area (Å²) in [4.78, 5) is 17.4. The molecule has 0 bridgehead atoms. The molecule has 1 aromatic heterocycles. The second-order valence-corrected chi connectivity index (χ2v) is 7.42. The number of nitrogens with one attached hydrogen (secondary N) is 1. The molecule has 0 saturated heterocycles. The van der Waals surface area contributed by atoms with E-state index in [4.69, 9.17) is 15.2 Å². The summed E-state index contributed by atoms with van der Waals surface area (Å²) < 4.78 is 10.8. The highest BCUT2D eigenvalue weighted by Gasteiger charge is 2.25. The van der Waals surface area contributed by atoms with Gasteiger partial charge in [-0.25, -0.2) is 4.98 Å². The van der Waals surface area contributed by atoms with Crippen molar-refractivity contribution in [2.45, 2.75) is 13.3 Å². The van der Waals surface area contributed by atoms with Crippen molar-refractivity contribution < 1.29 is 14.3 Å². The number of hydrogen-bond acceptors (Lipinski definition) is 6. The van der Waals surface area contributed by atoms with Crippen molar-refractivity contribution in [2.75, 3.05) is 25.3 Å². The number of nitrogen functional groups attached to an aromatic ring is 1. The Morgan fingerprint density at radius 2 is 1.93 bits per heavy atom. The first kappa shape index (κ1) is 17.4. The van der Waals surface area contributed by atoms with Crippen LogP contribution in [-0.4, -0.2) is 25.1 Å². The molecule has 1 heterocycles. The summed E-state index contributed by atoms with van der Waals surface area (Å²) in [5.74, 6) is 1.16. The van der Waals surface area contributed by atoms with Gasteiger partial charge in [-0.05, 0) is 35.4 Å². The van der Waals surface area contributed by atoms with Gasteiger partial charge in [-0.1, -0.05) is 6.07 Å². The monoisotopic (exact) mass is 381 g/mol. The van der Waals surface area contributed by atoms with Gasteiger partial charge in [0.05, 0.1) is 19.9 Å². The van der Waals surface area contributed by atoms with E-state index in [-0.39, 0.29) is 5.91 Å². The molecule has 27 heavy (non-hydrogen) atoms. The second kappa shape index (κ2) is 6.59. The van der Waals surface area contributed by atoms with Crippen LogP contribution in [-0.2, 0) is 11.2 Å². The maximum atomic E-state index is 11.8. The maximum absolute atomic E-state index is 11.8. The smallest absolute Gasteiger partial charge is 0.221 e. The van der Waals surface area contributed by atoms with Crippen molar-refractivity contribution in [1.82, 2.24) is 4.98 Å². The quantitative estimate of drug-likeness (QED) is 0.559. The number of anilines is 2.